The summed E-state index contributed by atoms with van der Waals surface area (Å²) in [6.07, 6.45) is 0.826. The van der Waals surface area contributed by atoms with Gasteiger partial charge in [0.05, 0.1) is 19.8 Å². The Labute approximate surface area is 124 Å². The molecule has 0 saturated heterocycles. The molecule has 6 heteroatoms. The molecular formula is C14H21ClN2O3. The van der Waals surface area contributed by atoms with Crippen molar-refractivity contribution in [2.24, 2.45) is 5.73 Å². The van der Waals surface area contributed by atoms with Crippen molar-refractivity contribution < 1.29 is 14.2 Å². The van der Waals surface area contributed by atoms with Crippen LogP contribution in [0.4, 0.5) is 0 Å². The van der Waals surface area contributed by atoms with Crippen LogP contribution in [0.25, 0.3) is 0 Å². The van der Waals surface area contributed by atoms with E-state index in [-0.39, 0.29) is 5.84 Å². The third-order valence-electron chi connectivity index (χ3n) is 2.63. The Morgan fingerprint density at radius 1 is 1.20 bits per heavy atom. The van der Waals surface area contributed by atoms with Crippen LogP contribution in [0.5, 0.6) is 0 Å². The van der Waals surface area contributed by atoms with Gasteiger partial charge in [-0.15, -0.1) is 0 Å². The van der Waals surface area contributed by atoms with Gasteiger partial charge >= 0.3 is 0 Å². The topological polar surface area (TPSA) is 77.6 Å². The van der Waals surface area contributed by atoms with Gasteiger partial charge in [0, 0.05) is 30.9 Å². The molecule has 112 valence electrons. The zero-order chi connectivity index (χ0) is 14.8. The van der Waals surface area contributed by atoms with E-state index < -0.39 is 0 Å². The maximum Gasteiger partial charge on any atom is 0.122 e. The number of nitrogens with two attached hydrogens (primary N) is 1. The average molecular weight is 301 g/mol. The van der Waals surface area contributed by atoms with Crippen LogP contribution in [0, 0.1) is 5.41 Å². The summed E-state index contributed by atoms with van der Waals surface area (Å²) in [6.45, 7) is 2.92. The molecule has 5 nitrogen and oxygen atoms in total. The molecule has 1 rings (SSSR count). The van der Waals surface area contributed by atoms with Gasteiger partial charge in [-0.2, -0.15) is 0 Å². The number of rotatable bonds is 10. The highest BCUT2D eigenvalue weighted by atomic mass is 35.5. The molecule has 0 radical (unpaired) electrons. The maximum absolute atomic E-state index is 7.33. The summed E-state index contributed by atoms with van der Waals surface area (Å²) < 4.78 is 15.7. The average Bonchev–Trinajstić information content (AvgIpc) is 2.43. The number of nitrogen functional groups attached to an aromatic ring is 1. The molecule has 0 saturated carbocycles. The Hall–Kier alpha value is -1.14. The second-order valence-electron chi connectivity index (χ2n) is 4.23. The summed E-state index contributed by atoms with van der Waals surface area (Å²) in [5, 5.41) is 7.89. The molecule has 1 aromatic carbocycles. The van der Waals surface area contributed by atoms with Crippen molar-refractivity contribution in [1.29, 1.82) is 5.41 Å². The third kappa shape index (κ3) is 6.34. The van der Waals surface area contributed by atoms with E-state index in [9.17, 15) is 0 Å². The number of hydrogen-bond acceptors (Lipinski definition) is 4. The lowest BCUT2D eigenvalue weighted by Crippen LogP contribution is -2.11. The molecule has 3 N–H and O–H groups in total. The summed E-state index contributed by atoms with van der Waals surface area (Å²) in [4.78, 5) is 0. The molecule has 0 bridgehead atoms. The fraction of sp³-hybridized carbons (Fsp3) is 0.500. The van der Waals surface area contributed by atoms with E-state index in [0.717, 1.165) is 12.0 Å². The van der Waals surface area contributed by atoms with Crippen LogP contribution < -0.4 is 5.73 Å². The van der Waals surface area contributed by atoms with Gasteiger partial charge in [0.25, 0.3) is 0 Å². The van der Waals surface area contributed by atoms with Crippen molar-refractivity contribution in [2.75, 3.05) is 33.5 Å². The Morgan fingerprint density at radius 2 is 1.95 bits per heavy atom. The number of methoxy groups -OCH3 is 1. The summed E-state index contributed by atoms with van der Waals surface area (Å²) in [6, 6.07) is 5.27. The van der Waals surface area contributed by atoms with Crippen molar-refractivity contribution in [2.45, 2.75) is 13.0 Å². The van der Waals surface area contributed by atoms with Gasteiger partial charge < -0.3 is 19.9 Å². The molecule has 0 fully saturated rings. The van der Waals surface area contributed by atoms with Gasteiger partial charge in [-0.05, 0) is 18.1 Å². The number of halogens is 1. The predicted octanol–water partition coefficient (Wildman–Crippen LogP) is 2.19. The highest BCUT2D eigenvalue weighted by molar-refractivity contribution is 6.31. The van der Waals surface area contributed by atoms with Gasteiger partial charge in [-0.3, -0.25) is 5.41 Å². The van der Waals surface area contributed by atoms with Crippen LogP contribution >= 0.6 is 11.6 Å². The summed E-state index contributed by atoms with van der Waals surface area (Å²) in [7, 11) is 1.65. The van der Waals surface area contributed by atoms with Crippen LogP contribution in [-0.2, 0) is 20.8 Å². The molecule has 0 aliphatic carbocycles. The first kappa shape index (κ1) is 16.9. The normalized spacial score (nSPS) is 10.7. The third-order valence-corrected chi connectivity index (χ3v) is 2.98. The van der Waals surface area contributed by atoms with Crippen molar-refractivity contribution in [1.82, 2.24) is 0 Å². The molecular weight excluding hydrogens is 280 g/mol. The zero-order valence-electron chi connectivity index (χ0n) is 11.7. The van der Waals surface area contributed by atoms with Gasteiger partial charge in [0.2, 0.25) is 0 Å². The lowest BCUT2D eigenvalue weighted by Gasteiger charge is -2.08. The minimum atomic E-state index is 0.00701. The largest absolute Gasteiger partial charge is 0.384 e. The van der Waals surface area contributed by atoms with E-state index in [1.54, 1.807) is 19.2 Å². The van der Waals surface area contributed by atoms with Crippen LogP contribution in [0.15, 0.2) is 18.2 Å². The van der Waals surface area contributed by atoms with Crippen molar-refractivity contribution in [3.05, 3.63) is 34.3 Å². The van der Waals surface area contributed by atoms with Gasteiger partial charge in [-0.25, -0.2) is 0 Å². The second kappa shape index (κ2) is 9.72. The molecule has 0 aliphatic rings. The van der Waals surface area contributed by atoms with E-state index in [4.69, 9.17) is 37.0 Å². The first-order chi connectivity index (χ1) is 9.65. The van der Waals surface area contributed by atoms with Crippen LogP contribution in [0.1, 0.15) is 17.5 Å². The smallest absolute Gasteiger partial charge is 0.122 e. The molecule has 0 aliphatic heterocycles. The zero-order valence-corrected chi connectivity index (χ0v) is 12.4. The molecule has 0 amide bonds. The number of hydrogen-bond donors (Lipinski definition) is 2. The predicted molar refractivity (Wildman–Crippen MR) is 79.4 cm³/mol. The highest BCUT2D eigenvalue weighted by Gasteiger charge is 2.04. The quantitative estimate of drug-likeness (QED) is 0.394. The van der Waals surface area contributed by atoms with E-state index in [2.05, 4.69) is 0 Å². The molecule has 0 spiro atoms. The number of benzene rings is 1. The van der Waals surface area contributed by atoms with Gasteiger partial charge in [-0.1, -0.05) is 23.7 Å². The first-order valence-corrected chi connectivity index (χ1v) is 6.80. The Balaban J connectivity index is 2.20. The molecule has 0 aromatic heterocycles. The monoisotopic (exact) mass is 300 g/mol. The van der Waals surface area contributed by atoms with E-state index in [1.165, 1.54) is 0 Å². The van der Waals surface area contributed by atoms with E-state index >= 15 is 0 Å². The Bertz CT molecular complexity index is 427. The molecule has 1 aromatic rings. The van der Waals surface area contributed by atoms with E-state index in [0.29, 0.717) is 43.6 Å². The summed E-state index contributed by atoms with van der Waals surface area (Å²) in [5.74, 6) is 0.00701. The lowest BCUT2D eigenvalue weighted by atomic mass is 10.1. The second-order valence-corrected chi connectivity index (χ2v) is 4.64. The Morgan fingerprint density at radius 3 is 2.60 bits per heavy atom. The van der Waals surface area contributed by atoms with Gasteiger partial charge in [0.15, 0.2) is 0 Å². The summed E-state index contributed by atoms with van der Waals surface area (Å²) >= 11 is 6.10. The molecule has 20 heavy (non-hydrogen) atoms. The number of ether oxygens (including phenoxy) is 3. The minimum Gasteiger partial charge on any atom is -0.384 e. The first-order valence-electron chi connectivity index (χ1n) is 6.42. The van der Waals surface area contributed by atoms with Crippen molar-refractivity contribution >= 4 is 17.4 Å². The SMILES string of the molecule is COCCOCCCOCc1ccc(C(=N)N)cc1Cl. The molecule has 0 atom stereocenters. The van der Waals surface area contributed by atoms with Crippen LogP contribution in [0.3, 0.4) is 0 Å². The Kier molecular flexibility index (Phi) is 8.22. The fourth-order valence-electron chi connectivity index (χ4n) is 1.52. The standard InChI is InChI=1S/C14H21ClN2O3/c1-18-7-8-19-5-2-6-20-10-12-4-3-11(14(16)17)9-13(12)15/h3-4,9H,2,5-8,10H2,1H3,(H3,16,17). The maximum atomic E-state index is 7.33. The minimum absolute atomic E-state index is 0.00701. The van der Waals surface area contributed by atoms with E-state index in [1.807, 2.05) is 6.07 Å². The molecule has 0 unspecified atom stereocenters. The van der Waals surface area contributed by atoms with Crippen molar-refractivity contribution in [3.8, 4) is 0 Å². The number of amidine groups is 1. The molecule has 0 heterocycles. The van der Waals surface area contributed by atoms with Crippen LogP contribution in [-0.4, -0.2) is 39.4 Å². The lowest BCUT2D eigenvalue weighted by molar-refractivity contribution is 0.0483. The fourth-order valence-corrected chi connectivity index (χ4v) is 1.76. The van der Waals surface area contributed by atoms with Gasteiger partial charge in [0.1, 0.15) is 5.84 Å². The highest BCUT2D eigenvalue weighted by Crippen LogP contribution is 2.18. The number of nitrogens with one attached hydrogen (secondary N) is 1. The van der Waals surface area contributed by atoms with Crippen molar-refractivity contribution in [3.63, 3.8) is 0 Å². The summed E-state index contributed by atoms with van der Waals surface area (Å²) in [5.41, 5.74) is 6.90. The van der Waals surface area contributed by atoms with Crippen LogP contribution in [0.2, 0.25) is 5.02 Å².